The van der Waals surface area contributed by atoms with Crippen LogP contribution >= 0.6 is 0 Å². The maximum Gasteiger partial charge on any atom is 0.273 e. The Hall–Kier alpha value is -1.71. The van der Waals surface area contributed by atoms with Crippen molar-refractivity contribution in [3.8, 4) is 5.75 Å². The van der Waals surface area contributed by atoms with Gasteiger partial charge in [0.2, 0.25) is 10.0 Å². The molecule has 122 valence electrons. The zero-order valence-corrected chi connectivity index (χ0v) is 13.3. The van der Waals surface area contributed by atoms with Gasteiger partial charge in [0.15, 0.2) is 0 Å². The standard InChI is InChI=1S/C13H19N3O5S/c1-14-10-4-3-7-15(9-10)22(19,20)13-6-5-11(16(17)18)8-12(13)21-2/h5-6,8,10,14H,3-4,7,9H2,1-2H3. The van der Waals surface area contributed by atoms with Crippen molar-refractivity contribution >= 4 is 15.7 Å². The van der Waals surface area contributed by atoms with Gasteiger partial charge in [-0.1, -0.05) is 0 Å². The second-order valence-corrected chi connectivity index (χ2v) is 6.99. The van der Waals surface area contributed by atoms with E-state index >= 15 is 0 Å². The summed E-state index contributed by atoms with van der Waals surface area (Å²) in [6.45, 7) is 0.805. The molecule has 1 heterocycles. The highest BCUT2D eigenvalue weighted by atomic mass is 32.2. The molecule has 1 aromatic carbocycles. The lowest BCUT2D eigenvalue weighted by molar-refractivity contribution is -0.385. The van der Waals surface area contributed by atoms with E-state index < -0.39 is 14.9 Å². The van der Waals surface area contributed by atoms with Crippen molar-refractivity contribution in [3.63, 3.8) is 0 Å². The number of piperidine rings is 1. The number of methoxy groups -OCH3 is 1. The first kappa shape index (κ1) is 16.7. The van der Waals surface area contributed by atoms with Crippen molar-refractivity contribution in [1.29, 1.82) is 0 Å². The quantitative estimate of drug-likeness (QED) is 0.638. The molecule has 1 aromatic rings. The molecular weight excluding hydrogens is 310 g/mol. The Morgan fingerprint density at radius 3 is 2.77 bits per heavy atom. The molecule has 0 radical (unpaired) electrons. The van der Waals surface area contributed by atoms with Crippen LogP contribution in [0.3, 0.4) is 0 Å². The second kappa shape index (κ2) is 6.59. The smallest absolute Gasteiger partial charge is 0.273 e. The maximum absolute atomic E-state index is 12.8. The number of nitro benzene ring substituents is 1. The van der Waals surface area contributed by atoms with Crippen LogP contribution < -0.4 is 10.1 Å². The summed E-state index contributed by atoms with van der Waals surface area (Å²) in [6.07, 6.45) is 1.68. The second-order valence-electron chi connectivity index (χ2n) is 5.08. The first-order chi connectivity index (χ1) is 10.4. The molecule has 1 atom stereocenters. The summed E-state index contributed by atoms with van der Waals surface area (Å²) >= 11 is 0. The average molecular weight is 329 g/mol. The minimum Gasteiger partial charge on any atom is -0.495 e. The highest BCUT2D eigenvalue weighted by Gasteiger charge is 2.32. The minimum absolute atomic E-state index is 0.0132. The number of sulfonamides is 1. The number of rotatable bonds is 5. The molecule has 0 saturated carbocycles. The van der Waals surface area contributed by atoms with Gasteiger partial charge in [-0.2, -0.15) is 4.31 Å². The Labute approximate surface area is 129 Å². The Bertz CT molecular complexity index is 662. The van der Waals surface area contributed by atoms with Gasteiger partial charge in [0.1, 0.15) is 10.6 Å². The van der Waals surface area contributed by atoms with Crippen LogP contribution in [-0.2, 0) is 10.0 Å². The molecule has 1 unspecified atom stereocenters. The average Bonchev–Trinajstić information content (AvgIpc) is 2.54. The molecule has 0 aromatic heterocycles. The monoisotopic (exact) mass is 329 g/mol. The third-order valence-electron chi connectivity index (χ3n) is 3.77. The molecule has 2 rings (SSSR count). The number of nitrogens with one attached hydrogen (secondary N) is 1. The molecule has 1 aliphatic heterocycles. The van der Waals surface area contributed by atoms with Crippen LogP contribution in [0, 0.1) is 10.1 Å². The zero-order valence-electron chi connectivity index (χ0n) is 12.5. The third kappa shape index (κ3) is 3.21. The molecular formula is C13H19N3O5S. The first-order valence-electron chi connectivity index (χ1n) is 6.90. The van der Waals surface area contributed by atoms with Crippen LogP contribution in [0.4, 0.5) is 5.69 Å². The van der Waals surface area contributed by atoms with Crippen molar-refractivity contribution in [2.75, 3.05) is 27.2 Å². The number of likely N-dealkylation sites (N-methyl/N-ethyl adjacent to an activating group) is 1. The molecule has 0 spiro atoms. The van der Waals surface area contributed by atoms with Gasteiger partial charge in [-0.15, -0.1) is 0 Å². The van der Waals surface area contributed by atoms with Crippen LogP contribution in [-0.4, -0.2) is 50.9 Å². The van der Waals surface area contributed by atoms with Gasteiger partial charge in [-0.25, -0.2) is 8.42 Å². The van der Waals surface area contributed by atoms with E-state index in [0.717, 1.165) is 18.9 Å². The van der Waals surface area contributed by atoms with Gasteiger partial charge in [0.25, 0.3) is 5.69 Å². The fraction of sp³-hybridized carbons (Fsp3) is 0.538. The molecule has 0 aliphatic carbocycles. The molecule has 8 nitrogen and oxygen atoms in total. The van der Waals surface area contributed by atoms with Gasteiger partial charge >= 0.3 is 0 Å². The van der Waals surface area contributed by atoms with Gasteiger partial charge in [0.05, 0.1) is 18.1 Å². The molecule has 0 amide bonds. The van der Waals surface area contributed by atoms with E-state index in [1.807, 2.05) is 0 Å². The van der Waals surface area contributed by atoms with Gasteiger partial charge in [0, 0.05) is 25.2 Å². The van der Waals surface area contributed by atoms with Crippen LogP contribution in [0.25, 0.3) is 0 Å². The first-order valence-corrected chi connectivity index (χ1v) is 8.34. The van der Waals surface area contributed by atoms with E-state index in [4.69, 9.17) is 4.74 Å². The number of nitro groups is 1. The largest absolute Gasteiger partial charge is 0.495 e. The molecule has 9 heteroatoms. The van der Waals surface area contributed by atoms with E-state index in [0.29, 0.717) is 13.1 Å². The van der Waals surface area contributed by atoms with E-state index in [9.17, 15) is 18.5 Å². The van der Waals surface area contributed by atoms with Gasteiger partial charge in [-0.3, -0.25) is 10.1 Å². The molecule has 1 aliphatic rings. The lowest BCUT2D eigenvalue weighted by Gasteiger charge is -2.31. The topological polar surface area (TPSA) is 102 Å². The summed E-state index contributed by atoms with van der Waals surface area (Å²) in [5.41, 5.74) is -0.206. The van der Waals surface area contributed by atoms with E-state index in [2.05, 4.69) is 5.32 Å². The Morgan fingerprint density at radius 1 is 1.45 bits per heavy atom. The number of non-ortho nitro benzene ring substituents is 1. The number of benzene rings is 1. The Balaban J connectivity index is 2.38. The van der Waals surface area contributed by atoms with E-state index in [1.54, 1.807) is 7.05 Å². The van der Waals surface area contributed by atoms with E-state index in [-0.39, 0.29) is 22.4 Å². The summed E-state index contributed by atoms with van der Waals surface area (Å²) in [7, 11) is -0.649. The Kier molecular flexibility index (Phi) is 4.99. The van der Waals surface area contributed by atoms with Gasteiger partial charge < -0.3 is 10.1 Å². The van der Waals surface area contributed by atoms with Crippen LogP contribution in [0.1, 0.15) is 12.8 Å². The molecule has 22 heavy (non-hydrogen) atoms. The van der Waals surface area contributed by atoms with E-state index in [1.165, 1.54) is 23.5 Å². The summed E-state index contributed by atoms with van der Waals surface area (Å²) in [5.74, 6) is -0.0132. The Morgan fingerprint density at radius 2 is 2.18 bits per heavy atom. The predicted octanol–water partition coefficient (Wildman–Crippen LogP) is 0.976. The summed E-state index contributed by atoms with van der Waals surface area (Å²) < 4.78 is 31.9. The fourth-order valence-corrected chi connectivity index (χ4v) is 4.18. The highest BCUT2D eigenvalue weighted by Crippen LogP contribution is 2.31. The maximum atomic E-state index is 12.8. The number of ether oxygens (including phenoxy) is 1. The number of hydrogen-bond donors (Lipinski definition) is 1. The van der Waals surface area contributed by atoms with Crippen molar-refractivity contribution in [1.82, 2.24) is 9.62 Å². The van der Waals surface area contributed by atoms with Crippen molar-refractivity contribution in [2.45, 2.75) is 23.8 Å². The molecule has 1 saturated heterocycles. The lowest BCUT2D eigenvalue weighted by atomic mass is 10.1. The number of hydrogen-bond acceptors (Lipinski definition) is 6. The van der Waals surface area contributed by atoms with Crippen LogP contribution in [0.15, 0.2) is 23.1 Å². The minimum atomic E-state index is -3.74. The van der Waals surface area contributed by atoms with Gasteiger partial charge in [-0.05, 0) is 26.0 Å². The van der Waals surface area contributed by atoms with Crippen molar-refractivity contribution in [2.24, 2.45) is 0 Å². The number of nitrogens with zero attached hydrogens (tertiary/aromatic N) is 2. The normalized spacial score (nSPS) is 19.8. The van der Waals surface area contributed by atoms with Crippen molar-refractivity contribution < 1.29 is 18.1 Å². The summed E-state index contributed by atoms with van der Waals surface area (Å²) in [6, 6.07) is 3.64. The highest BCUT2D eigenvalue weighted by molar-refractivity contribution is 7.89. The molecule has 0 bridgehead atoms. The molecule has 1 fully saturated rings. The fourth-order valence-electron chi connectivity index (χ4n) is 2.52. The summed E-state index contributed by atoms with van der Waals surface area (Å²) in [4.78, 5) is 10.2. The predicted molar refractivity (Wildman–Crippen MR) is 80.5 cm³/mol. The lowest BCUT2D eigenvalue weighted by Crippen LogP contribution is -2.46. The third-order valence-corrected chi connectivity index (χ3v) is 5.67. The van der Waals surface area contributed by atoms with Crippen LogP contribution in [0.5, 0.6) is 5.75 Å². The summed E-state index contributed by atoms with van der Waals surface area (Å²) in [5, 5.41) is 13.9. The molecule has 1 N–H and O–H groups in total. The zero-order chi connectivity index (χ0) is 16.3. The van der Waals surface area contributed by atoms with Crippen LogP contribution in [0.2, 0.25) is 0 Å². The SMILES string of the molecule is CNC1CCCN(S(=O)(=O)c2ccc([N+](=O)[O-])cc2OC)C1. The van der Waals surface area contributed by atoms with Crippen molar-refractivity contribution in [3.05, 3.63) is 28.3 Å².